The lowest BCUT2D eigenvalue weighted by molar-refractivity contribution is 0.0303. The minimum Gasteiger partial charge on any atom is -0.378 e. The van der Waals surface area contributed by atoms with Gasteiger partial charge in [0.1, 0.15) is 0 Å². The maximum atomic E-state index is 12.5. The second-order valence-electron chi connectivity index (χ2n) is 7.00. The molecule has 0 saturated carbocycles. The van der Waals surface area contributed by atoms with E-state index in [2.05, 4.69) is 10.3 Å². The molecule has 0 radical (unpaired) electrons. The summed E-state index contributed by atoms with van der Waals surface area (Å²) >= 11 is 0. The van der Waals surface area contributed by atoms with Gasteiger partial charge in [0.2, 0.25) is 0 Å². The first kappa shape index (κ1) is 20.0. The highest BCUT2D eigenvalue weighted by Gasteiger charge is 2.18. The number of rotatable bonds is 6. The van der Waals surface area contributed by atoms with E-state index in [4.69, 9.17) is 4.74 Å². The van der Waals surface area contributed by atoms with Crippen molar-refractivity contribution in [2.75, 3.05) is 53.5 Å². The third-order valence-electron chi connectivity index (χ3n) is 4.61. The molecule has 7 heteroatoms. The van der Waals surface area contributed by atoms with Crippen molar-refractivity contribution in [2.24, 2.45) is 0 Å². The summed E-state index contributed by atoms with van der Waals surface area (Å²) in [5.74, 6) is -0.127. The molecule has 0 aliphatic carbocycles. The molecule has 2 aromatic rings. The number of hydrogen-bond donors (Lipinski definition) is 1. The van der Waals surface area contributed by atoms with Crippen molar-refractivity contribution < 1.29 is 14.3 Å². The van der Waals surface area contributed by atoms with Crippen LogP contribution in [0.2, 0.25) is 0 Å². The first-order valence-corrected chi connectivity index (χ1v) is 9.40. The maximum Gasteiger partial charge on any atom is 0.254 e. The Morgan fingerprint density at radius 1 is 1.07 bits per heavy atom. The third-order valence-corrected chi connectivity index (χ3v) is 4.61. The predicted octanol–water partition coefficient (Wildman–Crippen LogP) is 1.51. The number of ether oxygens (including phenoxy) is 1. The third kappa shape index (κ3) is 5.15. The molecule has 0 bridgehead atoms. The summed E-state index contributed by atoms with van der Waals surface area (Å²) in [5.41, 5.74) is 2.92. The van der Waals surface area contributed by atoms with Crippen LogP contribution in [-0.2, 0) is 4.74 Å². The number of hydrogen-bond acceptors (Lipinski definition) is 5. The molecule has 2 amide bonds. The van der Waals surface area contributed by atoms with Crippen LogP contribution in [0.25, 0.3) is 11.1 Å². The molecule has 2 heterocycles. The average molecular weight is 382 g/mol. The van der Waals surface area contributed by atoms with E-state index >= 15 is 0 Å². The van der Waals surface area contributed by atoms with E-state index < -0.39 is 0 Å². The van der Waals surface area contributed by atoms with E-state index in [1.54, 1.807) is 17.3 Å². The Balaban J connectivity index is 1.68. The fraction of sp³-hybridized carbons (Fsp3) is 0.381. The summed E-state index contributed by atoms with van der Waals surface area (Å²) in [5, 5.41) is 2.89. The number of nitrogens with one attached hydrogen (secondary N) is 1. The largest absolute Gasteiger partial charge is 0.378 e. The number of nitrogens with zero attached hydrogens (tertiary/aromatic N) is 3. The molecule has 1 N–H and O–H groups in total. The summed E-state index contributed by atoms with van der Waals surface area (Å²) < 4.78 is 5.29. The van der Waals surface area contributed by atoms with Crippen molar-refractivity contribution in [3.05, 3.63) is 53.9 Å². The lowest BCUT2D eigenvalue weighted by atomic mass is 10.0. The Labute approximate surface area is 165 Å². The second kappa shape index (κ2) is 9.43. The van der Waals surface area contributed by atoms with E-state index in [1.165, 1.54) is 0 Å². The molecule has 28 heavy (non-hydrogen) atoms. The van der Waals surface area contributed by atoms with Crippen molar-refractivity contribution >= 4 is 11.8 Å². The predicted molar refractivity (Wildman–Crippen MR) is 107 cm³/mol. The van der Waals surface area contributed by atoms with Crippen LogP contribution < -0.4 is 5.32 Å². The maximum absolute atomic E-state index is 12.5. The monoisotopic (exact) mass is 382 g/mol. The van der Waals surface area contributed by atoms with E-state index in [0.29, 0.717) is 44.0 Å². The zero-order valence-electron chi connectivity index (χ0n) is 16.4. The number of amides is 2. The highest BCUT2D eigenvalue weighted by molar-refractivity contribution is 5.96. The molecule has 1 aliphatic rings. The van der Waals surface area contributed by atoms with E-state index in [-0.39, 0.29) is 11.8 Å². The average Bonchev–Trinajstić information content (AvgIpc) is 2.74. The Bertz CT molecular complexity index is 815. The molecule has 0 unspecified atom stereocenters. The first-order valence-electron chi connectivity index (χ1n) is 9.40. The van der Waals surface area contributed by atoms with Crippen LogP contribution in [-0.4, -0.2) is 80.1 Å². The van der Waals surface area contributed by atoms with E-state index in [9.17, 15) is 9.59 Å². The molecule has 1 aliphatic heterocycles. The summed E-state index contributed by atoms with van der Waals surface area (Å²) in [4.78, 5) is 32.8. The van der Waals surface area contributed by atoms with Crippen LogP contribution in [0.5, 0.6) is 0 Å². The van der Waals surface area contributed by atoms with E-state index in [1.807, 2.05) is 49.3 Å². The van der Waals surface area contributed by atoms with Crippen molar-refractivity contribution in [3.63, 3.8) is 0 Å². The number of pyridine rings is 1. The highest BCUT2D eigenvalue weighted by atomic mass is 16.5. The van der Waals surface area contributed by atoms with Crippen LogP contribution in [0.15, 0.2) is 42.7 Å². The zero-order chi connectivity index (χ0) is 19.9. The SMILES string of the molecule is CN(C)CCNC(=O)c1cncc(-c2ccc(C(=O)N3CCOCC3)cc2)c1. The normalized spacial score (nSPS) is 14.2. The minimum absolute atomic E-state index is 0.0157. The Morgan fingerprint density at radius 2 is 1.79 bits per heavy atom. The van der Waals surface area contributed by atoms with Crippen molar-refractivity contribution in [3.8, 4) is 11.1 Å². The van der Waals surface area contributed by atoms with Crippen molar-refractivity contribution in [1.29, 1.82) is 0 Å². The second-order valence-corrected chi connectivity index (χ2v) is 7.00. The molecule has 3 rings (SSSR count). The van der Waals surface area contributed by atoms with Gasteiger partial charge in [-0.05, 0) is 37.9 Å². The molecular formula is C21H26N4O3. The minimum atomic E-state index is -0.143. The van der Waals surface area contributed by atoms with Gasteiger partial charge >= 0.3 is 0 Å². The summed E-state index contributed by atoms with van der Waals surface area (Å²) in [6.07, 6.45) is 3.28. The quantitative estimate of drug-likeness (QED) is 0.820. The number of carbonyl (C=O) groups excluding carboxylic acids is 2. The van der Waals surface area contributed by atoms with Crippen LogP contribution in [0.4, 0.5) is 0 Å². The molecule has 1 aromatic carbocycles. The molecule has 7 nitrogen and oxygen atoms in total. The van der Waals surface area contributed by atoms with Crippen LogP contribution in [0, 0.1) is 0 Å². The smallest absolute Gasteiger partial charge is 0.254 e. The molecule has 1 aromatic heterocycles. The van der Waals surface area contributed by atoms with Gasteiger partial charge in [-0.1, -0.05) is 12.1 Å². The molecule has 1 saturated heterocycles. The van der Waals surface area contributed by atoms with Crippen molar-refractivity contribution in [1.82, 2.24) is 20.1 Å². The highest BCUT2D eigenvalue weighted by Crippen LogP contribution is 2.21. The van der Waals surface area contributed by atoms with Gasteiger partial charge in [-0.25, -0.2) is 0 Å². The molecular weight excluding hydrogens is 356 g/mol. The van der Waals surface area contributed by atoms with Crippen molar-refractivity contribution in [2.45, 2.75) is 0 Å². The number of benzene rings is 1. The number of morpholine rings is 1. The Morgan fingerprint density at radius 3 is 2.46 bits per heavy atom. The van der Waals surface area contributed by atoms with Gasteiger partial charge in [-0.3, -0.25) is 14.6 Å². The van der Waals surface area contributed by atoms with Gasteiger partial charge < -0.3 is 19.9 Å². The van der Waals surface area contributed by atoms with Gasteiger partial charge in [0.05, 0.1) is 18.8 Å². The fourth-order valence-electron chi connectivity index (χ4n) is 2.97. The van der Waals surface area contributed by atoms with Crippen LogP contribution in [0.1, 0.15) is 20.7 Å². The lowest BCUT2D eigenvalue weighted by Gasteiger charge is -2.26. The summed E-state index contributed by atoms with van der Waals surface area (Å²) in [6.45, 7) is 3.76. The van der Waals surface area contributed by atoms with Crippen LogP contribution >= 0.6 is 0 Å². The van der Waals surface area contributed by atoms with Gasteiger partial charge in [-0.2, -0.15) is 0 Å². The van der Waals surface area contributed by atoms with E-state index in [0.717, 1.165) is 17.7 Å². The Hall–Kier alpha value is -2.77. The number of likely N-dealkylation sites (N-methyl/N-ethyl adjacent to an activating group) is 1. The number of aromatic nitrogens is 1. The lowest BCUT2D eigenvalue weighted by Crippen LogP contribution is -2.40. The molecule has 0 atom stereocenters. The molecule has 148 valence electrons. The molecule has 1 fully saturated rings. The first-order chi connectivity index (χ1) is 13.5. The van der Waals surface area contributed by atoms with Crippen LogP contribution in [0.3, 0.4) is 0 Å². The standard InChI is InChI=1S/C21H26N4O3/c1-24(2)8-7-23-20(26)19-13-18(14-22-15-19)16-3-5-17(6-4-16)21(27)25-9-11-28-12-10-25/h3-6,13-15H,7-12H2,1-2H3,(H,23,26). The fourth-order valence-corrected chi connectivity index (χ4v) is 2.97. The van der Waals surface area contributed by atoms with Gasteiger partial charge in [0, 0.05) is 49.7 Å². The topological polar surface area (TPSA) is 74.8 Å². The van der Waals surface area contributed by atoms with Gasteiger partial charge in [0.15, 0.2) is 0 Å². The Kier molecular flexibility index (Phi) is 6.73. The van der Waals surface area contributed by atoms with Gasteiger partial charge in [0.25, 0.3) is 11.8 Å². The number of carbonyl (C=O) groups is 2. The summed E-state index contributed by atoms with van der Waals surface area (Å²) in [7, 11) is 3.92. The summed E-state index contributed by atoms with van der Waals surface area (Å²) in [6, 6.07) is 9.22. The van der Waals surface area contributed by atoms with Gasteiger partial charge in [-0.15, -0.1) is 0 Å². The zero-order valence-corrected chi connectivity index (χ0v) is 16.4. The molecule has 0 spiro atoms.